The highest BCUT2D eigenvalue weighted by molar-refractivity contribution is 5.93. The Hall–Kier alpha value is -2.24. The van der Waals surface area contributed by atoms with Gasteiger partial charge in [0, 0.05) is 5.69 Å². The van der Waals surface area contributed by atoms with E-state index in [-0.39, 0.29) is 5.56 Å². The summed E-state index contributed by atoms with van der Waals surface area (Å²) in [5.74, 6) is -0.988. The van der Waals surface area contributed by atoms with Crippen LogP contribution in [0.2, 0.25) is 0 Å². The van der Waals surface area contributed by atoms with Crippen molar-refractivity contribution in [1.82, 2.24) is 0 Å². The lowest BCUT2D eigenvalue weighted by molar-refractivity contribution is 0.0698. The molecule has 1 aromatic carbocycles. The zero-order valence-electron chi connectivity index (χ0n) is 7.18. The summed E-state index contributed by atoms with van der Waals surface area (Å²) in [5.41, 5.74) is 9.82. The number of hydrogen-bond donors (Lipinski definition) is 4. The summed E-state index contributed by atoms with van der Waals surface area (Å²) in [7, 11) is 0. The number of carboxylic acid groups (broad SMARTS) is 2. The molecule has 0 heterocycles. The number of nitrogen functional groups attached to an aromatic ring is 1. The van der Waals surface area contributed by atoms with E-state index in [2.05, 4.69) is 5.73 Å². The number of rotatable bonds is 1. The van der Waals surface area contributed by atoms with Crippen molar-refractivity contribution in [3.63, 3.8) is 0 Å². The summed E-state index contributed by atoms with van der Waals surface area (Å²) in [6.45, 7) is 0. The molecule has 0 radical (unpaired) electrons. The molecule has 6 heteroatoms. The van der Waals surface area contributed by atoms with Crippen molar-refractivity contribution in [2.24, 2.45) is 5.73 Å². The van der Waals surface area contributed by atoms with Gasteiger partial charge in [0.2, 0.25) is 0 Å². The van der Waals surface area contributed by atoms with E-state index in [4.69, 9.17) is 20.7 Å². The van der Waals surface area contributed by atoms with Crippen LogP contribution in [0.5, 0.6) is 0 Å². The van der Waals surface area contributed by atoms with Gasteiger partial charge in [-0.15, -0.1) is 0 Å². The summed E-state index contributed by atoms with van der Waals surface area (Å²) in [5, 5.41) is 15.7. The zero-order chi connectivity index (χ0) is 11.1. The average Bonchev–Trinajstić information content (AvgIpc) is 2.03. The van der Waals surface area contributed by atoms with E-state index >= 15 is 0 Å². The molecule has 76 valence electrons. The first-order valence-electron chi connectivity index (χ1n) is 3.51. The largest absolute Gasteiger partial charge is 0.478 e. The standard InChI is InChI=1S/C7H7NO2.CH3NO2/c8-6-4-2-1-3-5(6)7(9)10;2-1(3)4/h1-4H,8H2,(H,9,10);2H2,(H,3,4). The first kappa shape index (κ1) is 11.8. The van der Waals surface area contributed by atoms with Crippen LogP contribution in [-0.2, 0) is 0 Å². The van der Waals surface area contributed by atoms with Gasteiger partial charge in [-0.2, -0.15) is 0 Å². The van der Waals surface area contributed by atoms with Gasteiger partial charge >= 0.3 is 12.1 Å². The number of nitrogens with two attached hydrogens (primary N) is 2. The highest BCUT2D eigenvalue weighted by Gasteiger charge is 2.03. The molecule has 0 unspecified atom stereocenters. The van der Waals surface area contributed by atoms with Crippen molar-refractivity contribution in [3.8, 4) is 0 Å². The number of hydrogen-bond acceptors (Lipinski definition) is 3. The molecule has 14 heavy (non-hydrogen) atoms. The normalized spacial score (nSPS) is 8.29. The molecule has 0 spiro atoms. The number of carbonyl (C=O) groups is 2. The van der Waals surface area contributed by atoms with Crippen LogP contribution < -0.4 is 11.5 Å². The summed E-state index contributed by atoms with van der Waals surface area (Å²) < 4.78 is 0. The lowest BCUT2D eigenvalue weighted by Crippen LogP contribution is -2.03. The Morgan fingerprint density at radius 2 is 1.57 bits per heavy atom. The lowest BCUT2D eigenvalue weighted by atomic mass is 10.2. The minimum atomic E-state index is -1.33. The Balaban J connectivity index is 0.000000364. The predicted molar refractivity (Wildman–Crippen MR) is 50.0 cm³/mol. The molecule has 0 bridgehead atoms. The zero-order valence-corrected chi connectivity index (χ0v) is 7.18. The molecule has 1 amide bonds. The van der Waals surface area contributed by atoms with Crippen molar-refractivity contribution in [1.29, 1.82) is 0 Å². The second-order valence-corrected chi connectivity index (χ2v) is 2.23. The molecule has 6 nitrogen and oxygen atoms in total. The number of aromatic carboxylic acids is 1. The number of amides is 1. The molecule has 0 aromatic heterocycles. The second-order valence-electron chi connectivity index (χ2n) is 2.23. The molecule has 0 aliphatic rings. The van der Waals surface area contributed by atoms with E-state index in [1.807, 2.05) is 0 Å². The van der Waals surface area contributed by atoms with Gasteiger partial charge in [0.1, 0.15) is 0 Å². The Bertz CT molecular complexity index is 334. The smallest absolute Gasteiger partial charge is 0.402 e. The molecule has 0 aliphatic heterocycles. The predicted octanol–water partition coefficient (Wildman–Crippen LogP) is 0.590. The number of primary amides is 1. The van der Waals surface area contributed by atoms with Gasteiger partial charge in [-0.3, -0.25) is 0 Å². The van der Waals surface area contributed by atoms with Gasteiger partial charge in [-0.1, -0.05) is 12.1 Å². The SMILES string of the molecule is NC(=O)O.Nc1ccccc1C(=O)O. The van der Waals surface area contributed by atoms with Crippen molar-refractivity contribution in [2.45, 2.75) is 0 Å². The van der Waals surface area contributed by atoms with Gasteiger partial charge in [0.15, 0.2) is 0 Å². The summed E-state index contributed by atoms with van der Waals surface area (Å²) in [6.07, 6.45) is -1.33. The molecule has 6 N–H and O–H groups in total. The van der Waals surface area contributed by atoms with Crippen molar-refractivity contribution in [2.75, 3.05) is 5.73 Å². The Labute approximate surface area is 79.8 Å². The minimum Gasteiger partial charge on any atom is -0.478 e. The van der Waals surface area contributed by atoms with Crippen molar-refractivity contribution >= 4 is 17.7 Å². The molecule has 0 saturated heterocycles. The van der Waals surface area contributed by atoms with Crippen LogP contribution in [0.3, 0.4) is 0 Å². The van der Waals surface area contributed by atoms with E-state index in [1.54, 1.807) is 18.2 Å². The maximum Gasteiger partial charge on any atom is 0.402 e. The van der Waals surface area contributed by atoms with Gasteiger partial charge in [-0.05, 0) is 12.1 Å². The molecule has 0 aliphatic carbocycles. The maximum atomic E-state index is 10.3. The van der Waals surface area contributed by atoms with Crippen LogP contribution in [0.1, 0.15) is 10.4 Å². The van der Waals surface area contributed by atoms with E-state index < -0.39 is 12.1 Å². The molecule has 1 aromatic rings. The summed E-state index contributed by atoms with van der Waals surface area (Å²) in [6, 6.07) is 6.36. The van der Waals surface area contributed by atoms with E-state index in [1.165, 1.54) is 6.07 Å². The van der Waals surface area contributed by atoms with Crippen LogP contribution in [0.25, 0.3) is 0 Å². The third-order valence-electron chi connectivity index (χ3n) is 1.19. The molecule has 0 atom stereocenters. The Kier molecular flexibility index (Phi) is 4.55. The minimum absolute atomic E-state index is 0.155. The number of anilines is 1. The van der Waals surface area contributed by atoms with Crippen molar-refractivity contribution < 1.29 is 19.8 Å². The van der Waals surface area contributed by atoms with Crippen molar-refractivity contribution in [3.05, 3.63) is 29.8 Å². The summed E-state index contributed by atoms with van der Waals surface area (Å²) in [4.78, 5) is 19.1. The van der Waals surface area contributed by atoms with Gasteiger partial charge < -0.3 is 21.7 Å². The Morgan fingerprint density at radius 3 is 1.86 bits per heavy atom. The van der Waals surface area contributed by atoms with Crippen LogP contribution >= 0.6 is 0 Å². The van der Waals surface area contributed by atoms with E-state index in [9.17, 15) is 4.79 Å². The lowest BCUT2D eigenvalue weighted by Gasteiger charge is -1.96. The molecular weight excluding hydrogens is 188 g/mol. The topological polar surface area (TPSA) is 127 Å². The van der Waals surface area contributed by atoms with Gasteiger partial charge in [0.05, 0.1) is 5.56 Å². The third kappa shape index (κ3) is 4.60. The quantitative estimate of drug-likeness (QED) is 0.491. The van der Waals surface area contributed by atoms with E-state index in [0.717, 1.165) is 0 Å². The molecule has 0 saturated carbocycles. The number of carboxylic acids is 1. The number of para-hydroxylation sites is 1. The van der Waals surface area contributed by atoms with Crippen LogP contribution in [0.4, 0.5) is 10.5 Å². The first-order valence-corrected chi connectivity index (χ1v) is 3.51. The van der Waals surface area contributed by atoms with Crippen LogP contribution in [0.15, 0.2) is 24.3 Å². The second kappa shape index (κ2) is 5.41. The van der Waals surface area contributed by atoms with E-state index in [0.29, 0.717) is 5.69 Å². The highest BCUT2D eigenvalue weighted by Crippen LogP contribution is 2.08. The van der Waals surface area contributed by atoms with Gasteiger partial charge in [0.25, 0.3) is 0 Å². The fourth-order valence-electron chi connectivity index (χ4n) is 0.692. The monoisotopic (exact) mass is 198 g/mol. The maximum absolute atomic E-state index is 10.3. The first-order chi connectivity index (χ1) is 6.45. The number of benzene rings is 1. The average molecular weight is 198 g/mol. The van der Waals surface area contributed by atoms with Crippen LogP contribution in [-0.4, -0.2) is 22.3 Å². The fraction of sp³-hybridized carbons (Fsp3) is 0. The summed E-state index contributed by atoms with van der Waals surface area (Å²) >= 11 is 0. The fourth-order valence-corrected chi connectivity index (χ4v) is 0.692. The molecule has 0 fully saturated rings. The Morgan fingerprint density at radius 1 is 1.14 bits per heavy atom. The highest BCUT2D eigenvalue weighted by atomic mass is 16.4. The van der Waals surface area contributed by atoms with Gasteiger partial charge in [-0.25, -0.2) is 9.59 Å². The molecule has 1 rings (SSSR count). The third-order valence-corrected chi connectivity index (χ3v) is 1.19. The van der Waals surface area contributed by atoms with Crippen LogP contribution in [0, 0.1) is 0 Å². The molecular formula is C8H10N2O4.